The fourth-order valence-corrected chi connectivity index (χ4v) is 3.19. The van der Waals surface area contributed by atoms with Gasteiger partial charge in [0.05, 0.1) is 9.40 Å². The molecule has 2 atom stereocenters. The summed E-state index contributed by atoms with van der Waals surface area (Å²) in [5.74, 6) is 0.535. The smallest absolute Gasteiger partial charge is 0.283 e. The van der Waals surface area contributed by atoms with Gasteiger partial charge in [0.25, 0.3) is 5.69 Å². The van der Waals surface area contributed by atoms with Gasteiger partial charge in [-0.25, -0.2) is 0 Å². The summed E-state index contributed by atoms with van der Waals surface area (Å²) in [6, 6.07) is 5.66. The molecule has 1 heterocycles. The molecule has 104 valence electrons. The van der Waals surface area contributed by atoms with Gasteiger partial charge in [-0.15, -0.1) is 0 Å². The Balaban J connectivity index is 2.16. The van der Waals surface area contributed by atoms with Crippen molar-refractivity contribution in [2.24, 2.45) is 11.7 Å². The molecular formula is C13H18BrN3O2. The zero-order valence-corrected chi connectivity index (χ0v) is 12.5. The Labute approximate surface area is 121 Å². The van der Waals surface area contributed by atoms with Crippen LogP contribution in [0.2, 0.25) is 0 Å². The summed E-state index contributed by atoms with van der Waals surface area (Å²) < 4.78 is 0.586. The Morgan fingerprint density at radius 1 is 1.58 bits per heavy atom. The molecule has 1 saturated heterocycles. The van der Waals surface area contributed by atoms with Crippen molar-refractivity contribution in [2.75, 3.05) is 13.1 Å². The zero-order valence-electron chi connectivity index (χ0n) is 10.9. The third-order valence-electron chi connectivity index (χ3n) is 3.75. The Bertz CT molecular complexity index is 481. The Morgan fingerprint density at radius 2 is 2.32 bits per heavy atom. The van der Waals surface area contributed by atoms with Crippen molar-refractivity contribution in [3.05, 3.63) is 38.3 Å². The van der Waals surface area contributed by atoms with Crippen molar-refractivity contribution in [3.8, 4) is 0 Å². The first-order valence-corrected chi connectivity index (χ1v) is 7.18. The minimum atomic E-state index is -0.357. The Kier molecular flexibility index (Phi) is 4.54. The number of hydrogen-bond acceptors (Lipinski definition) is 4. The summed E-state index contributed by atoms with van der Waals surface area (Å²) in [6.07, 6.45) is 1.10. The molecule has 0 saturated carbocycles. The minimum Gasteiger partial charge on any atom is -0.330 e. The number of nitro groups is 1. The second kappa shape index (κ2) is 5.98. The third kappa shape index (κ3) is 3.13. The van der Waals surface area contributed by atoms with Gasteiger partial charge >= 0.3 is 0 Å². The maximum Gasteiger partial charge on any atom is 0.283 e. The van der Waals surface area contributed by atoms with Crippen molar-refractivity contribution in [1.29, 1.82) is 0 Å². The number of rotatable bonds is 4. The zero-order chi connectivity index (χ0) is 14.0. The van der Waals surface area contributed by atoms with Gasteiger partial charge in [0.15, 0.2) is 0 Å². The number of halogens is 1. The average molecular weight is 328 g/mol. The van der Waals surface area contributed by atoms with E-state index in [1.54, 1.807) is 6.07 Å². The normalized spacial score (nSPS) is 23.7. The number of nitrogens with two attached hydrogens (primary N) is 1. The summed E-state index contributed by atoms with van der Waals surface area (Å²) in [5, 5.41) is 10.9. The van der Waals surface area contributed by atoms with Gasteiger partial charge in [-0.2, -0.15) is 0 Å². The molecule has 1 aliphatic rings. The number of nitro benzene ring substituents is 1. The third-order valence-corrected chi connectivity index (χ3v) is 4.67. The predicted octanol–water partition coefficient (Wildman–Crippen LogP) is 2.53. The highest BCUT2D eigenvalue weighted by Gasteiger charge is 2.29. The predicted molar refractivity (Wildman–Crippen MR) is 77.8 cm³/mol. The van der Waals surface area contributed by atoms with Crippen LogP contribution < -0.4 is 5.73 Å². The van der Waals surface area contributed by atoms with Gasteiger partial charge in [0.2, 0.25) is 0 Å². The topological polar surface area (TPSA) is 72.4 Å². The Hall–Kier alpha value is -0.980. The highest BCUT2D eigenvalue weighted by Crippen LogP contribution is 2.31. The van der Waals surface area contributed by atoms with Crippen LogP contribution in [0.5, 0.6) is 0 Å². The lowest BCUT2D eigenvalue weighted by atomic mass is 10.1. The van der Waals surface area contributed by atoms with Crippen LogP contribution in [0.25, 0.3) is 0 Å². The van der Waals surface area contributed by atoms with Crippen molar-refractivity contribution < 1.29 is 4.92 Å². The van der Waals surface area contributed by atoms with Crippen LogP contribution in [0.1, 0.15) is 18.9 Å². The van der Waals surface area contributed by atoms with Crippen molar-refractivity contribution in [1.82, 2.24) is 4.90 Å². The molecule has 5 nitrogen and oxygen atoms in total. The molecule has 0 radical (unpaired) electrons. The molecule has 6 heteroatoms. The highest BCUT2D eigenvalue weighted by molar-refractivity contribution is 9.10. The molecule has 1 aromatic carbocycles. The molecule has 2 rings (SSSR count). The first kappa shape index (κ1) is 14.4. The maximum atomic E-state index is 10.9. The molecule has 19 heavy (non-hydrogen) atoms. The SMILES string of the molecule is CC1CC(CN)CN1Cc1cccc([N+](=O)[O-])c1Br. The van der Waals surface area contributed by atoms with E-state index < -0.39 is 0 Å². The minimum absolute atomic E-state index is 0.125. The molecule has 2 unspecified atom stereocenters. The standard InChI is InChI=1S/C13H18BrN3O2/c1-9-5-10(6-15)7-16(9)8-11-3-2-4-12(13(11)14)17(18)19/h2-4,9-10H,5-8,15H2,1H3. The molecule has 1 fully saturated rings. The molecule has 1 aromatic rings. The van der Waals surface area contributed by atoms with Crippen LogP contribution in [-0.4, -0.2) is 29.0 Å². The lowest BCUT2D eigenvalue weighted by Crippen LogP contribution is -2.27. The van der Waals surface area contributed by atoms with Crippen LogP contribution in [0.4, 0.5) is 5.69 Å². The average Bonchev–Trinajstić information content (AvgIpc) is 2.72. The van der Waals surface area contributed by atoms with E-state index >= 15 is 0 Å². The number of likely N-dealkylation sites (tertiary alicyclic amines) is 1. The summed E-state index contributed by atoms with van der Waals surface area (Å²) in [5.41, 5.74) is 6.80. The van der Waals surface area contributed by atoms with E-state index in [0.717, 1.165) is 25.1 Å². The van der Waals surface area contributed by atoms with E-state index in [2.05, 4.69) is 27.8 Å². The highest BCUT2D eigenvalue weighted by atomic mass is 79.9. The van der Waals surface area contributed by atoms with E-state index in [9.17, 15) is 10.1 Å². The maximum absolute atomic E-state index is 10.9. The number of hydrogen-bond donors (Lipinski definition) is 1. The molecule has 0 aromatic heterocycles. The largest absolute Gasteiger partial charge is 0.330 e. The molecule has 0 aliphatic carbocycles. The lowest BCUT2D eigenvalue weighted by Gasteiger charge is -2.21. The van der Waals surface area contributed by atoms with Crippen molar-refractivity contribution >= 4 is 21.6 Å². The van der Waals surface area contributed by atoms with Crippen LogP contribution >= 0.6 is 15.9 Å². The summed E-state index contributed by atoms with van der Waals surface area (Å²) in [7, 11) is 0. The van der Waals surface area contributed by atoms with Crippen LogP contribution in [0.3, 0.4) is 0 Å². The first-order chi connectivity index (χ1) is 9.02. The lowest BCUT2D eigenvalue weighted by molar-refractivity contribution is -0.385. The summed E-state index contributed by atoms with van der Waals surface area (Å²) >= 11 is 3.35. The van der Waals surface area contributed by atoms with Crippen LogP contribution in [0.15, 0.2) is 22.7 Å². The van der Waals surface area contributed by atoms with Gasteiger partial charge < -0.3 is 5.73 Å². The van der Waals surface area contributed by atoms with Crippen LogP contribution in [-0.2, 0) is 6.54 Å². The van der Waals surface area contributed by atoms with Gasteiger partial charge in [-0.1, -0.05) is 12.1 Å². The molecule has 0 bridgehead atoms. The van der Waals surface area contributed by atoms with Gasteiger partial charge in [-0.05, 0) is 47.3 Å². The van der Waals surface area contributed by atoms with E-state index in [1.807, 2.05) is 6.07 Å². The van der Waals surface area contributed by atoms with E-state index in [4.69, 9.17) is 5.73 Å². The van der Waals surface area contributed by atoms with E-state index in [1.165, 1.54) is 6.07 Å². The summed E-state index contributed by atoms with van der Waals surface area (Å²) in [4.78, 5) is 12.9. The molecule has 0 spiro atoms. The molecular weight excluding hydrogens is 310 g/mol. The van der Waals surface area contributed by atoms with E-state index in [-0.39, 0.29) is 10.6 Å². The van der Waals surface area contributed by atoms with Crippen LogP contribution in [0, 0.1) is 16.0 Å². The fourth-order valence-electron chi connectivity index (χ4n) is 2.66. The fraction of sp³-hybridized carbons (Fsp3) is 0.538. The number of benzene rings is 1. The van der Waals surface area contributed by atoms with Gasteiger partial charge in [0, 0.05) is 25.2 Å². The van der Waals surface area contributed by atoms with Gasteiger partial charge in [-0.3, -0.25) is 15.0 Å². The second-order valence-electron chi connectivity index (χ2n) is 5.12. The quantitative estimate of drug-likeness (QED) is 0.681. The Morgan fingerprint density at radius 3 is 2.89 bits per heavy atom. The van der Waals surface area contributed by atoms with Crippen molar-refractivity contribution in [3.63, 3.8) is 0 Å². The molecule has 1 aliphatic heterocycles. The van der Waals surface area contributed by atoms with Crippen molar-refractivity contribution in [2.45, 2.75) is 25.9 Å². The number of nitrogens with zero attached hydrogens (tertiary/aromatic N) is 2. The van der Waals surface area contributed by atoms with E-state index in [0.29, 0.717) is 23.0 Å². The summed E-state index contributed by atoms with van der Waals surface area (Å²) in [6.45, 7) is 4.57. The monoisotopic (exact) mass is 327 g/mol. The first-order valence-electron chi connectivity index (χ1n) is 6.38. The second-order valence-corrected chi connectivity index (χ2v) is 5.92. The molecule has 2 N–H and O–H groups in total. The van der Waals surface area contributed by atoms with Gasteiger partial charge in [0.1, 0.15) is 0 Å². The molecule has 0 amide bonds.